The van der Waals surface area contributed by atoms with Crippen molar-refractivity contribution in [3.05, 3.63) is 12.2 Å². The van der Waals surface area contributed by atoms with Gasteiger partial charge in [0.25, 0.3) is 0 Å². The van der Waals surface area contributed by atoms with Crippen molar-refractivity contribution in [2.24, 2.45) is 23.2 Å². The average Bonchev–Trinajstić information content (AvgIpc) is 2.70. The first-order valence-corrected chi connectivity index (χ1v) is 8.19. The molecule has 4 nitrogen and oxygen atoms in total. The topological polar surface area (TPSA) is 67.2 Å². The van der Waals surface area contributed by atoms with Gasteiger partial charge in [0.2, 0.25) is 0 Å². The van der Waals surface area contributed by atoms with Crippen LogP contribution in [0.15, 0.2) is 12.2 Å². The number of ether oxygens (including phenoxy) is 1. The molecule has 0 N–H and O–H groups in total. The van der Waals surface area contributed by atoms with E-state index in [9.17, 15) is 9.59 Å². The van der Waals surface area contributed by atoms with Gasteiger partial charge in [-0.25, -0.2) is 0 Å². The Bertz CT molecular complexity index is 519. The van der Waals surface area contributed by atoms with Crippen LogP contribution in [-0.4, -0.2) is 18.4 Å². The van der Waals surface area contributed by atoms with Crippen LogP contribution in [0.1, 0.15) is 52.4 Å². The molecular formula is C18H25NO3. The van der Waals surface area contributed by atoms with Gasteiger partial charge in [-0.05, 0) is 38.0 Å². The Hall–Kier alpha value is -1.63. The number of nitrogens with zero attached hydrogens (tertiary/aromatic N) is 1. The molecule has 2 saturated carbocycles. The number of carbonyl (C=O) groups is 2. The van der Waals surface area contributed by atoms with Crippen LogP contribution in [-0.2, 0) is 14.3 Å². The minimum atomic E-state index is -0.563. The number of rotatable bonds is 5. The molecule has 0 aromatic heterocycles. The maximum atomic E-state index is 12.9. The monoisotopic (exact) mass is 303 g/mol. The normalized spacial score (nSPS) is 34.1. The molecule has 0 heterocycles. The second-order valence-corrected chi connectivity index (χ2v) is 6.79. The van der Waals surface area contributed by atoms with Gasteiger partial charge in [0.15, 0.2) is 0 Å². The van der Waals surface area contributed by atoms with E-state index in [1.165, 1.54) is 0 Å². The van der Waals surface area contributed by atoms with Crippen molar-refractivity contribution >= 4 is 11.8 Å². The molecule has 0 aliphatic heterocycles. The Morgan fingerprint density at radius 2 is 2.23 bits per heavy atom. The number of Topliss-reactive ketones (excluding diaryl/α,β-unsaturated/α-hetero) is 1. The van der Waals surface area contributed by atoms with E-state index in [1.807, 2.05) is 0 Å². The zero-order chi connectivity index (χ0) is 16.3. The number of esters is 1. The number of allylic oxidation sites excluding steroid dienone is 1. The number of hydrogen-bond donors (Lipinski definition) is 0. The molecular weight excluding hydrogens is 278 g/mol. The SMILES string of the molecule is C=C1C[C@@H]2C[C@@H](C)CC(=O)[C@]2(CCC#N)[C@H]1CC(=O)OCC. The molecule has 0 unspecified atom stereocenters. The van der Waals surface area contributed by atoms with Crippen molar-refractivity contribution in [2.75, 3.05) is 6.61 Å². The first-order valence-electron chi connectivity index (χ1n) is 8.19. The molecule has 0 aromatic rings. The minimum absolute atomic E-state index is 0.162. The number of hydrogen-bond acceptors (Lipinski definition) is 4. The smallest absolute Gasteiger partial charge is 0.306 e. The standard InChI is InChI=1S/C18H25NO3/c1-4-22-17(21)11-15-13(3)10-14-8-12(2)9-16(20)18(14,15)6-5-7-19/h12,14-15H,3-6,8-11H2,1-2H3/t12-,14+,15+,18+/m1/s1. The predicted molar refractivity (Wildman–Crippen MR) is 82.7 cm³/mol. The predicted octanol–water partition coefficient (Wildman–Crippen LogP) is 3.42. The van der Waals surface area contributed by atoms with Gasteiger partial charge >= 0.3 is 5.97 Å². The molecule has 2 aliphatic carbocycles. The van der Waals surface area contributed by atoms with E-state index in [4.69, 9.17) is 10.00 Å². The third-order valence-electron chi connectivity index (χ3n) is 5.42. The van der Waals surface area contributed by atoms with Gasteiger partial charge in [-0.15, -0.1) is 0 Å². The molecule has 0 aromatic carbocycles. The summed E-state index contributed by atoms with van der Waals surface area (Å²) >= 11 is 0. The van der Waals surface area contributed by atoms with E-state index >= 15 is 0 Å². The van der Waals surface area contributed by atoms with Crippen molar-refractivity contribution in [1.29, 1.82) is 5.26 Å². The van der Waals surface area contributed by atoms with Gasteiger partial charge in [-0.3, -0.25) is 9.59 Å². The quantitative estimate of drug-likeness (QED) is 0.576. The molecule has 4 heteroatoms. The highest BCUT2D eigenvalue weighted by atomic mass is 16.5. The molecule has 4 atom stereocenters. The number of fused-ring (bicyclic) bond motifs is 1. The van der Waals surface area contributed by atoms with Gasteiger partial charge < -0.3 is 4.74 Å². The van der Waals surface area contributed by atoms with Gasteiger partial charge in [-0.1, -0.05) is 19.1 Å². The fourth-order valence-corrected chi connectivity index (χ4v) is 4.57. The average molecular weight is 303 g/mol. The van der Waals surface area contributed by atoms with Crippen molar-refractivity contribution in [3.8, 4) is 6.07 Å². The zero-order valence-electron chi connectivity index (χ0n) is 13.6. The molecule has 0 spiro atoms. The largest absolute Gasteiger partial charge is 0.466 e. The van der Waals surface area contributed by atoms with Crippen LogP contribution in [0.5, 0.6) is 0 Å². The van der Waals surface area contributed by atoms with Crippen LogP contribution in [0.4, 0.5) is 0 Å². The molecule has 2 fully saturated rings. The summed E-state index contributed by atoms with van der Waals surface area (Å²) in [5.74, 6) is 0.396. The Balaban J connectivity index is 2.33. The summed E-state index contributed by atoms with van der Waals surface area (Å²) in [7, 11) is 0. The molecule has 0 bridgehead atoms. The summed E-state index contributed by atoms with van der Waals surface area (Å²) < 4.78 is 5.08. The number of ketones is 1. The summed E-state index contributed by atoms with van der Waals surface area (Å²) in [5.41, 5.74) is 0.421. The van der Waals surface area contributed by atoms with E-state index in [2.05, 4.69) is 19.6 Å². The molecule has 2 rings (SSSR count). The van der Waals surface area contributed by atoms with E-state index in [1.54, 1.807) is 6.92 Å². The summed E-state index contributed by atoms with van der Waals surface area (Å²) in [6.07, 6.45) is 3.44. The third kappa shape index (κ3) is 2.82. The highest BCUT2D eigenvalue weighted by Crippen LogP contribution is 2.60. The van der Waals surface area contributed by atoms with Crippen molar-refractivity contribution in [1.82, 2.24) is 0 Å². The fraction of sp³-hybridized carbons (Fsp3) is 0.722. The van der Waals surface area contributed by atoms with Gasteiger partial charge in [0.05, 0.1) is 19.1 Å². The van der Waals surface area contributed by atoms with Crippen LogP contribution in [0.3, 0.4) is 0 Å². The first kappa shape index (κ1) is 16.7. The zero-order valence-corrected chi connectivity index (χ0v) is 13.6. The number of carbonyl (C=O) groups excluding carboxylic acids is 2. The lowest BCUT2D eigenvalue weighted by Crippen LogP contribution is -2.45. The highest BCUT2D eigenvalue weighted by molar-refractivity contribution is 5.88. The van der Waals surface area contributed by atoms with Crippen LogP contribution < -0.4 is 0 Å². The molecule has 2 aliphatic rings. The van der Waals surface area contributed by atoms with Gasteiger partial charge in [0.1, 0.15) is 5.78 Å². The third-order valence-corrected chi connectivity index (χ3v) is 5.42. The fourth-order valence-electron chi connectivity index (χ4n) is 4.57. The maximum absolute atomic E-state index is 12.9. The Morgan fingerprint density at radius 3 is 2.86 bits per heavy atom. The first-order chi connectivity index (χ1) is 10.5. The molecule has 0 radical (unpaired) electrons. The van der Waals surface area contributed by atoms with Gasteiger partial charge in [-0.2, -0.15) is 5.26 Å². The lowest BCUT2D eigenvalue weighted by Gasteiger charge is -2.43. The second kappa shape index (κ2) is 6.64. The van der Waals surface area contributed by atoms with Crippen molar-refractivity contribution in [3.63, 3.8) is 0 Å². The van der Waals surface area contributed by atoms with Crippen molar-refractivity contribution in [2.45, 2.75) is 52.4 Å². The molecule has 0 saturated heterocycles. The number of nitriles is 1. The summed E-state index contributed by atoms with van der Waals surface area (Å²) in [6.45, 7) is 8.37. The maximum Gasteiger partial charge on any atom is 0.306 e. The minimum Gasteiger partial charge on any atom is -0.466 e. The summed E-state index contributed by atoms with van der Waals surface area (Å²) in [6, 6.07) is 2.17. The van der Waals surface area contributed by atoms with E-state index in [0.29, 0.717) is 31.8 Å². The Labute approximate surface area is 132 Å². The van der Waals surface area contributed by atoms with Gasteiger partial charge in [0, 0.05) is 24.2 Å². The van der Waals surface area contributed by atoms with Crippen LogP contribution in [0.2, 0.25) is 0 Å². The molecule has 120 valence electrons. The Kier molecular flexibility index (Phi) is 5.05. The lowest BCUT2D eigenvalue weighted by molar-refractivity contribution is -0.147. The highest BCUT2D eigenvalue weighted by Gasteiger charge is 2.58. The van der Waals surface area contributed by atoms with E-state index in [0.717, 1.165) is 18.4 Å². The Morgan fingerprint density at radius 1 is 1.50 bits per heavy atom. The molecule has 22 heavy (non-hydrogen) atoms. The van der Waals surface area contributed by atoms with Crippen LogP contribution in [0, 0.1) is 34.5 Å². The van der Waals surface area contributed by atoms with Crippen molar-refractivity contribution < 1.29 is 14.3 Å². The lowest BCUT2D eigenvalue weighted by atomic mass is 9.58. The van der Waals surface area contributed by atoms with Crippen LogP contribution >= 0.6 is 0 Å². The second-order valence-electron chi connectivity index (χ2n) is 6.79. The summed E-state index contributed by atoms with van der Waals surface area (Å²) in [5, 5.41) is 8.99. The summed E-state index contributed by atoms with van der Waals surface area (Å²) in [4.78, 5) is 24.9. The van der Waals surface area contributed by atoms with Crippen LogP contribution in [0.25, 0.3) is 0 Å². The molecule has 0 amide bonds. The van der Waals surface area contributed by atoms with E-state index < -0.39 is 5.41 Å². The van der Waals surface area contributed by atoms with E-state index in [-0.39, 0.29) is 30.0 Å².